The van der Waals surface area contributed by atoms with Crippen LogP contribution in [0, 0.1) is 26.7 Å². The summed E-state index contributed by atoms with van der Waals surface area (Å²) in [5.41, 5.74) is 12.2. The van der Waals surface area contributed by atoms with E-state index in [1.807, 2.05) is 0 Å². The Labute approximate surface area is 190 Å². The van der Waals surface area contributed by atoms with Gasteiger partial charge in [0.1, 0.15) is 0 Å². The molecule has 0 spiro atoms. The zero-order valence-electron chi connectivity index (χ0n) is 19.2. The molecule has 1 unspecified atom stereocenters. The molecule has 2 heterocycles. The van der Waals surface area contributed by atoms with Gasteiger partial charge in [0, 0.05) is 17.9 Å². The highest BCUT2D eigenvalue weighted by Gasteiger charge is 2.35. The van der Waals surface area contributed by atoms with Gasteiger partial charge in [-0.3, -0.25) is 14.5 Å². The number of rotatable bonds is 5. The summed E-state index contributed by atoms with van der Waals surface area (Å²) < 4.78 is 0. The number of nitrogens with zero attached hydrogens (tertiary/aromatic N) is 3. The fourth-order valence-corrected chi connectivity index (χ4v) is 4.73. The van der Waals surface area contributed by atoms with Gasteiger partial charge in [-0.1, -0.05) is 53.6 Å². The first-order chi connectivity index (χ1) is 15.3. The van der Waals surface area contributed by atoms with Gasteiger partial charge in [-0.25, -0.2) is 5.01 Å². The lowest BCUT2D eigenvalue weighted by Gasteiger charge is -2.31. The van der Waals surface area contributed by atoms with Gasteiger partial charge in [0.25, 0.3) is 5.91 Å². The molecule has 4 rings (SSSR count). The van der Waals surface area contributed by atoms with E-state index in [9.17, 15) is 9.59 Å². The zero-order chi connectivity index (χ0) is 22.8. The quantitative estimate of drug-likeness (QED) is 0.786. The summed E-state index contributed by atoms with van der Waals surface area (Å²) in [4.78, 5) is 26.9. The van der Waals surface area contributed by atoms with Crippen LogP contribution in [0.15, 0.2) is 47.6 Å². The van der Waals surface area contributed by atoms with E-state index in [4.69, 9.17) is 10.8 Å². The van der Waals surface area contributed by atoms with Crippen molar-refractivity contribution < 1.29 is 9.59 Å². The second-order valence-corrected chi connectivity index (χ2v) is 9.19. The Morgan fingerprint density at radius 2 is 1.66 bits per heavy atom. The molecule has 1 atom stereocenters. The maximum absolute atomic E-state index is 13.4. The van der Waals surface area contributed by atoms with E-state index in [2.05, 4.69) is 68.1 Å². The first-order valence-electron chi connectivity index (χ1n) is 11.4. The molecule has 0 aliphatic carbocycles. The molecule has 0 bridgehead atoms. The number of likely N-dealkylation sites (tertiary alicyclic amines) is 1. The zero-order valence-corrected chi connectivity index (χ0v) is 19.2. The predicted octanol–water partition coefficient (Wildman–Crippen LogP) is 3.49. The SMILES string of the molecule is Cc1ccc(C2CC(c3ccc(C)cc3C)=NN2C(=O)CN2CCC(C(N)=O)CC2)cc1. The van der Waals surface area contributed by atoms with Gasteiger partial charge in [0.15, 0.2) is 0 Å². The summed E-state index contributed by atoms with van der Waals surface area (Å²) in [6.45, 7) is 7.96. The summed E-state index contributed by atoms with van der Waals surface area (Å²) >= 11 is 0. The van der Waals surface area contributed by atoms with E-state index in [0.717, 1.165) is 16.8 Å². The Bertz CT molecular complexity index is 1040. The van der Waals surface area contributed by atoms with Gasteiger partial charge in [-0.05, 0) is 57.8 Å². The van der Waals surface area contributed by atoms with Crippen LogP contribution >= 0.6 is 0 Å². The summed E-state index contributed by atoms with van der Waals surface area (Å²) in [5.74, 6) is -0.326. The van der Waals surface area contributed by atoms with E-state index >= 15 is 0 Å². The normalized spacial score (nSPS) is 19.8. The van der Waals surface area contributed by atoms with E-state index < -0.39 is 0 Å². The Kier molecular flexibility index (Phi) is 6.42. The number of carbonyl (C=O) groups excluding carboxylic acids is 2. The molecule has 0 saturated carbocycles. The average Bonchev–Trinajstić information content (AvgIpc) is 3.20. The van der Waals surface area contributed by atoms with Crippen molar-refractivity contribution in [2.75, 3.05) is 19.6 Å². The second-order valence-electron chi connectivity index (χ2n) is 9.19. The van der Waals surface area contributed by atoms with Gasteiger partial charge in [-0.2, -0.15) is 5.10 Å². The molecule has 32 heavy (non-hydrogen) atoms. The lowest BCUT2D eigenvalue weighted by Crippen LogP contribution is -2.44. The number of benzene rings is 2. The van der Waals surface area contributed by atoms with Crippen LogP contribution in [-0.4, -0.2) is 47.1 Å². The fourth-order valence-electron chi connectivity index (χ4n) is 4.73. The van der Waals surface area contributed by atoms with Crippen molar-refractivity contribution in [2.45, 2.75) is 46.1 Å². The number of carbonyl (C=O) groups is 2. The third-order valence-corrected chi connectivity index (χ3v) is 6.67. The fraction of sp³-hybridized carbons (Fsp3) is 0.423. The minimum absolute atomic E-state index is 0.00661. The molecular formula is C26H32N4O2. The van der Waals surface area contributed by atoms with Crippen LogP contribution in [0.5, 0.6) is 0 Å². The van der Waals surface area contributed by atoms with Crippen LogP contribution in [0.1, 0.15) is 53.1 Å². The number of piperidine rings is 1. The highest BCUT2D eigenvalue weighted by atomic mass is 16.2. The lowest BCUT2D eigenvalue weighted by molar-refractivity contribution is -0.134. The first kappa shape index (κ1) is 22.2. The molecule has 2 amide bonds. The Morgan fingerprint density at radius 3 is 2.28 bits per heavy atom. The number of primary amides is 1. The smallest absolute Gasteiger partial charge is 0.257 e. The van der Waals surface area contributed by atoms with Crippen LogP contribution in [0.3, 0.4) is 0 Å². The van der Waals surface area contributed by atoms with E-state index in [1.165, 1.54) is 16.7 Å². The second kappa shape index (κ2) is 9.25. The number of nitrogens with two attached hydrogens (primary N) is 1. The first-order valence-corrected chi connectivity index (χ1v) is 11.4. The molecule has 1 saturated heterocycles. The van der Waals surface area contributed by atoms with Crippen molar-refractivity contribution in [1.82, 2.24) is 9.91 Å². The molecule has 2 aliphatic rings. The topological polar surface area (TPSA) is 79.0 Å². The highest BCUT2D eigenvalue weighted by Crippen LogP contribution is 2.34. The number of amides is 2. The highest BCUT2D eigenvalue weighted by molar-refractivity contribution is 6.04. The van der Waals surface area contributed by atoms with Gasteiger partial charge in [-0.15, -0.1) is 0 Å². The predicted molar refractivity (Wildman–Crippen MR) is 126 cm³/mol. The molecular weight excluding hydrogens is 400 g/mol. The standard InChI is InChI=1S/C26H32N4O2/c1-17-4-7-20(8-5-17)24-15-23(22-9-6-18(2)14-19(22)3)28-30(24)25(31)16-29-12-10-21(11-13-29)26(27)32/h4-9,14,21,24H,10-13,15-16H2,1-3H3,(H2,27,32). The Morgan fingerprint density at radius 1 is 1.00 bits per heavy atom. The Hall–Kier alpha value is -2.99. The van der Waals surface area contributed by atoms with Crippen molar-refractivity contribution in [3.05, 3.63) is 70.3 Å². The summed E-state index contributed by atoms with van der Waals surface area (Å²) in [5, 5.41) is 6.52. The molecule has 1 fully saturated rings. The molecule has 2 aromatic rings. The van der Waals surface area contributed by atoms with Crippen LogP contribution in [0.2, 0.25) is 0 Å². The van der Waals surface area contributed by atoms with Gasteiger partial charge in [0.2, 0.25) is 5.91 Å². The van der Waals surface area contributed by atoms with Crippen LogP contribution in [0.25, 0.3) is 0 Å². The summed E-state index contributed by atoms with van der Waals surface area (Å²) in [6, 6.07) is 14.6. The van der Waals surface area contributed by atoms with Gasteiger partial charge >= 0.3 is 0 Å². The molecule has 6 nitrogen and oxygen atoms in total. The lowest BCUT2D eigenvalue weighted by atomic mass is 9.95. The van der Waals surface area contributed by atoms with Crippen molar-refractivity contribution in [2.24, 2.45) is 16.8 Å². The number of hydrogen-bond donors (Lipinski definition) is 1. The minimum atomic E-state index is -0.238. The van der Waals surface area contributed by atoms with Crippen LogP contribution in [-0.2, 0) is 9.59 Å². The number of aryl methyl sites for hydroxylation is 3. The van der Waals surface area contributed by atoms with Gasteiger partial charge in [0.05, 0.1) is 18.3 Å². The summed E-state index contributed by atoms with van der Waals surface area (Å²) in [7, 11) is 0. The molecule has 2 aliphatic heterocycles. The number of hydrogen-bond acceptors (Lipinski definition) is 4. The third kappa shape index (κ3) is 4.75. The Balaban J connectivity index is 1.56. The van der Waals surface area contributed by atoms with Gasteiger partial charge < -0.3 is 5.73 Å². The van der Waals surface area contributed by atoms with Crippen LogP contribution < -0.4 is 5.73 Å². The van der Waals surface area contributed by atoms with E-state index in [1.54, 1.807) is 5.01 Å². The molecule has 0 aromatic heterocycles. The molecule has 2 aromatic carbocycles. The van der Waals surface area contributed by atoms with Crippen molar-refractivity contribution in [1.29, 1.82) is 0 Å². The monoisotopic (exact) mass is 432 g/mol. The maximum atomic E-state index is 13.4. The van der Waals surface area contributed by atoms with E-state index in [0.29, 0.717) is 38.9 Å². The van der Waals surface area contributed by atoms with Crippen LogP contribution in [0.4, 0.5) is 0 Å². The van der Waals surface area contributed by atoms with Crippen molar-refractivity contribution >= 4 is 17.5 Å². The summed E-state index contributed by atoms with van der Waals surface area (Å²) in [6.07, 6.45) is 2.12. The van der Waals surface area contributed by atoms with Crippen molar-refractivity contribution in [3.63, 3.8) is 0 Å². The molecule has 0 radical (unpaired) electrons. The largest absolute Gasteiger partial charge is 0.369 e. The maximum Gasteiger partial charge on any atom is 0.257 e. The molecule has 2 N–H and O–H groups in total. The van der Waals surface area contributed by atoms with E-state index in [-0.39, 0.29) is 23.8 Å². The molecule has 6 heteroatoms. The molecule has 168 valence electrons. The minimum Gasteiger partial charge on any atom is -0.369 e. The van der Waals surface area contributed by atoms with Crippen molar-refractivity contribution in [3.8, 4) is 0 Å². The average molecular weight is 433 g/mol. The third-order valence-electron chi connectivity index (χ3n) is 6.67. The number of hydrazone groups is 1.